The molecule has 116 valence electrons. The van der Waals surface area contributed by atoms with Gasteiger partial charge in [-0.3, -0.25) is 10.4 Å². The maximum atomic E-state index is 11.8. The highest BCUT2D eigenvalue weighted by Gasteiger charge is 2.13. The van der Waals surface area contributed by atoms with Gasteiger partial charge in [-0.1, -0.05) is 30.3 Å². The highest BCUT2D eigenvalue weighted by molar-refractivity contribution is 5.99. The molecule has 2 aromatic heterocycles. The number of nitrogens with one attached hydrogen (secondary N) is 2. The number of amides is 1. The quantitative estimate of drug-likeness (QED) is 0.681. The van der Waals surface area contributed by atoms with Gasteiger partial charge >= 0.3 is 12.1 Å². The number of ether oxygens (including phenoxy) is 1. The first-order valence-corrected chi connectivity index (χ1v) is 6.68. The summed E-state index contributed by atoms with van der Waals surface area (Å²) in [4.78, 5) is 26.7. The standard InChI is InChI=1S/C15H12N4O4/c20-14(21)10-6-11-12(16-7-10)18-19-13(11)17-15(22)23-8-9-4-2-1-3-5-9/h1-7H,8H2,(H,20,21)(H2,16,17,18,19,22). The smallest absolute Gasteiger partial charge is 0.413 e. The van der Waals surface area contributed by atoms with E-state index in [0.29, 0.717) is 11.0 Å². The van der Waals surface area contributed by atoms with Crippen LogP contribution in [0.2, 0.25) is 0 Å². The summed E-state index contributed by atoms with van der Waals surface area (Å²) in [6.45, 7) is 0.122. The molecule has 3 N–H and O–H groups in total. The number of nitrogens with zero attached hydrogens (tertiary/aromatic N) is 2. The predicted molar refractivity (Wildman–Crippen MR) is 81.1 cm³/mol. The van der Waals surface area contributed by atoms with Crippen molar-refractivity contribution in [3.05, 3.63) is 53.7 Å². The number of pyridine rings is 1. The normalized spacial score (nSPS) is 10.4. The summed E-state index contributed by atoms with van der Waals surface area (Å²) in [5, 5.41) is 18.3. The van der Waals surface area contributed by atoms with E-state index in [1.807, 2.05) is 30.3 Å². The highest BCUT2D eigenvalue weighted by atomic mass is 16.5. The second-order valence-electron chi connectivity index (χ2n) is 4.69. The van der Waals surface area contributed by atoms with Crippen LogP contribution in [-0.2, 0) is 11.3 Å². The van der Waals surface area contributed by atoms with Crippen LogP contribution in [0.3, 0.4) is 0 Å². The number of aromatic carboxylic acids is 1. The van der Waals surface area contributed by atoms with Crippen LogP contribution in [0, 0.1) is 0 Å². The fraction of sp³-hybridized carbons (Fsp3) is 0.0667. The summed E-state index contributed by atoms with van der Waals surface area (Å²) in [6.07, 6.45) is 0.517. The number of hydrogen-bond acceptors (Lipinski definition) is 5. The lowest BCUT2D eigenvalue weighted by Crippen LogP contribution is -2.14. The molecule has 0 bridgehead atoms. The molecule has 0 atom stereocenters. The number of H-pyrrole nitrogens is 1. The van der Waals surface area contributed by atoms with Gasteiger partial charge in [-0.15, -0.1) is 0 Å². The van der Waals surface area contributed by atoms with E-state index in [1.165, 1.54) is 12.3 Å². The topological polar surface area (TPSA) is 117 Å². The lowest BCUT2D eigenvalue weighted by atomic mass is 10.2. The molecule has 0 unspecified atom stereocenters. The Morgan fingerprint density at radius 2 is 2.04 bits per heavy atom. The van der Waals surface area contributed by atoms with Crippen molar-refractivity contribution < 1.29 is 19.4 Å². The number of rotatable bonds is 4. The number of carboxylic acid groups (broad SMARTS) is 1. The number of hydrogen-bond donors (Lipinski definition) is 3. The second kappa shape index (κ2) is 6.14. The Labute approximate surface area is 130 Å². The molecule has 0 fully saturated rings. The molecular weight excluding hydrogens is 300 g/mol. The van der Waals surface area contributed by atoms with E-state index >= 15 is 0 Å². The molecule has 0 aliphatic carbocycles. The molecule has 1 aromatic carbocycles. The fourth-order valence-corrected chi connectivity index (χ4v) is 1.97. The first-order valence-electron chi connectivity index (χ1n) is 6.68. The highest BCUT2D eigenvalue weighted by Crippen LogP contribution is 2.20. The number of carbonyl (C=O) groups is 2. The summed E-state index contributed by atoms with van der Waals surface area (Å²) in [6, 6.07) is 10.6. The monoisotopic (exact) mass is 312 g/mol. The van der Waals surface area contributed by atoms with E-state index in [2.05, 4.69) is 20.5 Å². The third kappa shape index (κ3) is 3.26. The van der Waals surface area contributed by atoms with Gasteiger partial charge in [-0.05, 0) is 11.6 Å². The van der Waals surface area contributed by atoms with Crippen molar-refractivity contribution in [2.75, 3.05) is 5.32 Å². The molecule has 23 heavy (non-hydrogen) atoms. The first kappa shape index (κ1) is 14.5. The Kier molecular flexibility index (Phi) is 3.88. The molecule has 0 aliphatic heterocycles. The molecule has 2 heterocycles. The molecule has 3 aromatic rings. The van der Waals surface area contributed by atoms with Gasteiger partial charge in [0, 0.05) is 6.20 Å². The molecule has 0 aliphatic rings. The maximum absolute atomic E-state index is 11.8. The van der Waals surface area contributed by atoms with Crippen LogP contribution in [0.1, 0.15) is 15.9 Å². The van der Waals surface area contributed by atoms with Gasteiger partial charge in [-0.25, -0.2) is 14.6 Å². The number of anilines is 1. The zero-order chi connectivity index (χ0) is 16.2. The predicted octanol–water partition coefficient (Wildman–Crippen LogP) is 2.40. The molecule has 0 spiro atoms. The van der Waals surface area contributed by atoms with E-state index in [1.54, 1.807) is 0 Å². The fourth-order valence-electron chi connectivity index (χ4n) is 1.97. The average Bonchev–Trinajstić information content (AvgIpc) is 2.96. The van der Waals surface area contributed by atoms with Gasteiger partial charge in [0.1, 0.15) is 12.4 Å². The van der Waals surface area contributed by atoms with Crippen molar-refractivity contribution >= 4 is 28.9 Å². The molecular formula is C15H12N4O4. The summed E-state index contributed by atoms with van der Waals surface area (Å²) >= 11 is 0. The Balaban J connectivity index is 1.72. The van der Waals surface area contributed by atoms with Crippen LogP contribution in [0.25, 0.3) is 11.0 Å². The van der Waals surface area contributed by atoms with Crippen molar-refractivity contribution in [1.82, 2.24) is 15.2 Å². The van der Waals surface area contributed by atoms with Crippen molar-refractivity contribution in [1.29, 1.82) is 0 Å². The second-order valence-corrected chi connectivity index (χ2v) is 4.69. The van der Waals surface area contributed by atoms with Crippen LogP contribution in [0.4, 0.5) is 10.6 Å². The van der Waals surface area contributed by atoms with Gasteiger partial charge in [-0.2, -0.15) is 5.10 Å². The molecule has 8 heteroatoms. The molecule has 0 saturated carbocycles. The number of carboxylic acids is 1. The largest absolute Gasteiger partial charge is 0.478 e. The van der Waals surface area contributed by atoms with E-state index in [9.17, 15) is 9.59 Å². The molecule has 0 radical (unpaired) electrons. The minimum Gasteiger partial charge on any atom is -0.478 e. The van der Waals surface area contributed by atoms with Gasteiger partial charge in [0.25, 0.3) is 0 Å². The van der Waals surface area contributed by atoms with E-state index in [0.717, 1.165) is 5.56 Å². The minimum atomic E-state index is -1.11. The van der Waals surface area contributed by atoms with Crippen LogP contribution in [0.15, 0.2) is 42.6 Å². The molecule has 1 amide bonds. The third-order valence-electron chi connectivity index (χ3n) is 3.10. The summed E-state index contributed by atoms with van der Waals surface area (Å²) in [7, 11) is 0. The van der Waals surface area contributed by atoms with Gasteiger partial charge in [0.05, 0.1) is 10.9 Å². The number of aromatic amines is 1. The number of aromatic nitrogens is 3. The SMILES string of the molecule is O=C(Nc1[nH]nc2ncc(C(=O)O)cc12)OCc1ccccc1. The van der Waals surface area contributed by atoms with Gasteiger partial charge < -0.3 is 9.84 Å². The lowest BCUT2D eigenvalue weighted by molar-refractivity contribution is 0.0696. The van der Waals surface area contributed by atoms with Crippen molar-refractivity contribution in [2.24, 2.45) is 0 Å². The Bertz CT molecular complexity index is 860. The Morgan fingerprint density at radius 1 is 1.26 bits per heavy atom. The van der Waals surface area contributed by atoms with E-state index in [-0.39, 0.29) is 18.0 Å². The summed E-state index contributed by atoms with van der Waals surface area (Å²) in [5.74, 6) is -0.883. The molecule has 8 nitrogen and oxygen atoms in total. The van der Waals surface area contributed by atoms with Gasteiger partial charge in [0.15, 0.2) is 5.65 Å². The maximum Gasteiger partial charge on any atom is 0.413 e. The van der Waals surface area contributed by atoms with Gasteiger partial charge in [0.2, 0.25) is 0 Å². The van der Waals surface area contributed by atoms with E-state index < -0.39 is 12.1 Å². The van der Waals surface area contributed by atoms with Crippen LogP contribution in [0.5, 0.6) is 0 Å². The van der Waals surface area contributed by atoms with Crippen LogP contribution in [-0.4, -0.2) is 32.4 Å². The zero-order valence-corrected chi connectivity index (χ0v) is 11.8. The van der Waals surface area contributed by atoms with E-state index in [4.69, 9.17) is 9.84 Å². The number of fused-ring (bicyclic) bond motifs is 1. The minimum absolute atomic E-state index is 0.000368. The molecule has 0 saturated heterocycles. The van der Waals surface area contributed by atoms with Crippen molar-refractivity contribution in [2.45, 2.75) is 6.61 Å². The van der Waals surface area contributed by atoms with Crippen molar-refractivity contribution in [3.8, 4) is 0 Å². The number of carbonyl (C=O) groups excluding carboxylic acids is 1. The zero-order valence-electron chi connectivity index (χ0n) is 11.8. The van der Waals surface area contributed by atoms with Crippen LogP contribution < -0.4 is 5.32 Å². The first-order chi connectivity index (χ1) is 11.1. The third-order valence-corrected chi connectivity index (χ3v) is 3.10. The summed E-state index contributed by atoms with van der Waals surface area (Å²) in [5.41, 5.74) is 1.15. The lowest BCUT2D eigenvalue weighted by Gasteiger charge is -2.05. The average molecular weight is 312 g/mol. The summed E-state index contributed by atoms with van der Waals surface area (Å²) < 4.78 is 5.09. The van der Waals surface area contributed by atoms with Crippen LogP contribution >= 0.6 is 0 Å². The Hall–Kier alpha value is -3.42. The number of benzene rings is 1. The Morgan fingerprint density at radius 3 is 2.78 bits per heavy atom. The van der Waals surface area contributed by atoms with Crippen molar-refractivity contribution in [3.63, 3.8) is 0 Å². The molecule has 3 rings (SSSR count).